The summed E-state index contributed by atoms with van der Waals surface area (Å²) in [5.41, 5.74) is 1.03. The van der Waals surface area contributed by atoms with Crippen molar-refractivity contribution < 1.29 is 19.4 Å². The lowest BCUT2D eigenvalue weighted by Crippen LogP contribution is -2.25. The summed E-state index contributed by atoms with van der Waals surface area (Å²) in [6.07, 6.45) is 2.81. The Bertz CT molecular complexity index is 663. The first-order chi connectivity index (χ1) is 10.6. The van der Waals surface area contributed by atoms with E-state index in [9.17, 15) is 9.59 Å². The molecule has 0 saturated heterocycles. The molecule has 0 aliphatic carbocycles. The van der Waals surface area contributed by atoms with Crippen LogP contribution in [0.4, 0.5) is 0 Å². The highest BCUT2D eigenvalue weighted by Crippen LogP contribution is 2.26. The fraction of sp³-hybridized carbons (Fsp3) is 0.375. The minimum Gasteiger partial charge on any atom is -0.496 e. The van der Waals surface area contributed by atoms with Gasteiger partial charge in [-0.05, 0) is 24.6 Å². The van der Waals surface area contributed by atoms with Crippen molar-refractivity contribution in [3.8, 4) is 5.75 Å². The average Bonchev–Trinajstić information content (AvgIpc) is 2.92. The molecule has 6 heteroatoms. The van der Waals surface area contributed by atoms with E-state index >= 15 is 0 Å². The number of fused-ring (bicyclic) bond motifs is 1. The SMILES string of the molecule is COc1cccc2c1ccn2CCC(=O)NCCCC(=O)O. The van der Waals surface area contributed by atoms with Crippen LogP contribution in [0.5, 0.6) is 5.75 Å². The molecular formula is C16H20N2O4. The third-order valence-electron chi connectivity index (χ3n) is 3.46. The largest absolute Gasteiger partial charge is 0.496 e. The highest BCUT2D eigenvalue weighted by atomic mass is 16.5. The molecule has 1 heterocycles. The van der Waals surface area contributed by atoms with Gasteiger partial charge in [0.2, 0.25) is 5.91 Å². The number of nitrogens with zero attached hydrogens (tertiary/aromatic N) is 1. The molecule has 22 heavy (non-hydrogen) atoms. The molecule has 0 aliphatic rings. The Hall–Kier alpha value is -2.50. The van der Waals surface area contributed by atoms with Gasteiger partial charge in [-0.2, -0.15) is 0 Å². The molecule has 2 rings (SSSR count). The second kappa shape index (κ2) is 7.49. The zero-order chi connectivity index (χ0) is 15.9. The highest BCUT2D eigenvalue weighted by Gasteiger charge is 2.07. The number of carbonyl (C=O) groups excluding carboxylic acids is 1. The van der Waals surface area contributed by atoms with Gasteiger partial charge in [0, 0.05) is 37.5 Å². The maximum absolute atomic E-state index is 11.7. The van der Waals surface area contributed by atoms with E-state index in [1.807, 2.05) is 35.0 Å². The number of carboxylic acid groups (broad SMARTS) is 1. The number of methoxy groups -OCH3 is 1. The molecule has 0 radical (unpaired) electrons. The van der Waals surface area contributed by atoms with E-state index in [2.05, 4.69) is 5.32 Å². The highest BCUT2D eigenvalue weighted by molar-refractivity contribution is 5.86. The van der Waals surface area contributed by atoms with E-state index in [-0.39, 0.29) is 12.3 Å². The number of carboxylic acids is 1. The van der Waals surface area contributed by atoms with E-state index in [1.165, 1.54) is 0 Å². The van der Waals surface area contributed by atoms with Crippen molar-refractivity contribution in [3.05, 3.63) is 30.5 Å². The predicted octanol–water partition coefficient (Wildman–Crippen LogP) is 2.02. The lowest BCUT2D eigenvalue weighted by atomic mass is 10.2. The topological polar surface area (TPSA) is 80.6 Å². The summed E-state index contributed by atoms with van der Waals surface area (Å²) in [7, 11) is 1.64. The Labute approximate surface area is 128 Å². The van der Waals surface area contributed by atoms with Crippen LogP contribution in [-0.2, 0) is 16.1 Å². The van der Waals surface area contributed by atoms with Crippen LogP contribution in [0.15, 0.2) is 30.5 Å². The van der Waals surface area contributed by atoms with Crippen LogP contribution in [0.2, 0.25) is 0 Å². The maximum atomic E-state index is 11.7. The number of nitrogens with one attached hydrogen (secondary N) is 1. The van der Waals surface area contributed by atoms with Crippen LogP contribution in [0.25, 0.3) is 10.9 Å². The summed E-state index contributed by atoms with van der Waals surface area (Å²) in [4.78, 5) is 22.1. The molecule has 2 N–H and O–H groups in total. The number of aromatic nitrogens is 1. The van der Waals surface area contributed by atoms with Crippen LogP contribution in [0.1, 0.15) is 19.3 Å². The Balaban J connectivity index is 1.87. The van der Waals surface area contributed by atoms with Crippen molar-refractivity contribution in [1.82, 2.24) is 9.88 Å². The summed E-state index contributed by atoms with van der Waals surface area (Å²) in [5, 5.41) is 12.3. The van der Waals surface area contributed by atoms with Crippen LogP contribution < -0.4 is 10.1 Å². The van der Waals surface area contributed by atoms with Crippen molar-refractivity contribution in [2.24, 2.45) is 0 Å². The molecule has 118 valence electrons. The zero-order valence-electron chi connectivity index (χ0n) is 12.5. The molecule has 1 aromatic heterocycles. The van der Waals surface area contributed by atoms with Crippen molar-refractivity contribution in [2.75, 3.05) is 13.7 Å². The monoisotopic (exact) mass is 304 g/mol. The number of carbonyl (C=O) groups is 2. The van der Waals surface area contributed by atoms with Crippen molar-refractivity contribution in [2.45, 2.75) is 25.8 Å². The van der Waals surface area contributed by atoms with E-state index in [0.29, 0.717) is 25.9 Å². The number of ether oxygens (including phenoxy) is 1. The molecule has 0 bridgehead atoms. The standard InChI is InChI=1S/C16H20N2O4/c1-22-14-5-2-4-13-12(14)7-10-18(13)11-8-15(19)17-9-3-6-16(20)21/h2,4-5,7,10H,3,6,8-9,11H2,1H3,(H,17,19)(H,20,21). The van der Waals surface area contributed by atoms with Gasteiger partial charge >= 0.3 is 5.97 Å². The smallest absolute Gasteiger partial charge is 0.303 e. The van der Waals surface area contributed by atoms with E-state index in [1.54, 1.807) is 7.11 Å². The molecule has 0 saturated carbocycles. The molecule has 0 aliphatic heterocycles. The van der Waals surface area contributed by atoms with Gasteiger partial charge in [0.15, 0.2) is 0 Å². The Morgan fingerprint density at radius 1 is 1.27 bits per heavy atom. The van der Waals surface area contributed by atoms with Crippen LogP contribution in [0.3, 0.4) is 0 Å². The number of hydrogen-bond donors (Lipinski definition) is 2. The normalized spacial score (nSPS) is 10.6. The summed E-state index contributed by atoms with van der Waals surface area (Å²) < 4.78 is 7.32. The third-order valence-corrected chi connectivity index (χ3v) is 3.46. The van der Waals surface area contributed by atoms with Crippen LogP contribution in [0, 0.1) is 0 Å². The predicted molar refractivity (Wildman–Crippen MR) is 83.0 cm³/mol. The van der Waals surface area contributed by atoms with Crippen molar-refractivity contribution in [1.29, 1.82) is 0 Å². The molecule has 0 fully saturated rings. The van der Waals surface area contributed by atoms with Gasteiger partial charge < -0.3 is 19.7 Å². The van der Waals surface area contributed by atoms with Gasteiger partial charge in [-0.15, -0.1) is 0 Å². The summed E-state index contributed by atoms with van der Waals surface area (Å²) in [5.74, 6) is -0.105. The lowest BCUT2D eigenvalue weighted by Gasteiger charge is -2.07. The Morgan fingerprint density at radius 2 is 2.09 bits per heavy atom. The minimum atomic E-state index is -0.845. The fourth-order valence-corrected chi connectivity index (χ4v) is 2.35. The Morgan fingerprint density at radius 3 is 2.82 bits per heavy atom. The molecule has 0 atom stereocenters. The van der Waals surface area contributed by atoms with Gasteiger partial charge in [-0.25, -0.2) is 0 Å². The Kier molecular flexibility index (Phi) is 5.41. The van der Waals surface area contributed by atoms with Crippen LogP contribution in [-0.4, -0.2) is 35.2 Å². The average molecular weight is 304 g/mol. The number of rotatable bonds is 8. The van der Waals surface area contributed by atoms with Crippen LogP contribution >= 0.6 is 0 Å². The first kappa shape index (κ1) is 15.9. The second-order valence-corrected chi connectivity index (χ2v) is 5.00. The minimum absolute atomic E-state index is 0.0717. The molecule has 6 nitrogen and oxygen atoms in total. The molecule has 0 spiro atoms. The molecule has 1 aromatic carbocycles. The van der Waals surface area contributed by atoms with Gasteiger partial charge in [0.25, 0.3) is 0 Å². The summed E-state index contributed by atoms with van der Waals surface area (Å²) in [6, 6.07) is 7.78. The number of hydrogen-bond acceptors (Lipinski definition) is 3. The quantitative estimate of drug-likeness (QED) is 0.731. The fourth-order valence-electron chi connectivity index (χ4n) is 2.35. The number of aryl methyl sites for hydroxylation is 1. The third kappa shape index (κ3) is 4.00. The maximum Gasteiger partial charge on any atom is 0.303 e. The zero-order valence-corrected chi connectivity index (χ0v) is 12.5. The summed E-state index contributed by atoms with van der Waals surface area (Å²) >= 11 is 0. The molecular weight excluding hydrogens is 284 g/mol. The first-order valence-corrected chi connectivity index (χ1v) is 7.22. The van der Waals surface area contributed by atoms with Gasteiger partial charge in [-0.1, -0.05) is 6.07 Å². The van der Waals surface area contributed by atoms with Gasteiger partial charge in [0.05, 0.1) is 12.6 Å². The molecule has 0 unspecified atom stereocenters. The number of aliphatic carboxylic acids is 1. The number of amides is 1. The van der Waals surface area contributed by atoms with Crippen molar-refractivity contribution in [3.63, 3.8) is 0 Å². The van der Waals surface area contributed by atoms with Crippen molar-refractivity contribution >= 4 is 22.8 Å². The number of benzene rings is 1. The molecule has 1 amide bonds. The summed E-state index contributed by atoms with van der Waals surface area (Å²) in [6.45, 7) is 0.965. The van der Waals surface area contributed by atoms with E-state index < -0.39 is 5.97 Å². The van der Waals surface area contributed by atoms with E-state index in [0.717, 1.165) is 16.7 Å². The second-order valence-electron chi connectivity index (χ2n) is 5.00. The molecule has 2 aromatic rings. The first-order valence-electron chi connectivity index (χ1n) is 7.22. The van der Waals surface area contributed by atoms with Gasteiger partial charge in [-0.3, -0.25) is 9.59 Å². The van der Waals surface area contributed by atoms with E-state index in [4.69, 9.17) is 9.84 Å². The van der Waals surface area contributed by atoms with Gasteiger partial charge in [0.1, 0.15) is 5.75 Å². The lowest BCUT2D eigenvalue weighted by molar-refractivity contribution is -0.137.